The number of nitrogens with zero attached hydrogens (tertiary/aromatic N) is 3. The van der Waals surface area contributed by atoms with Crippen molar-refractivity contribution in [2.24, 2.45) is 5.92 Å². The number of carbonyl (C=O) groups excluding carboxylic acids is 1. The van der Waals surface area contributed by atoms with Crippen molar-refractivity contribution < 1.29 is 22.0 Å². The molecule has 33 heavy (non-hydrogen) atoms. The Morgan fingerprint density at radius 3 is 2.27 bits per heavy atom. The fourth-order valence-corrected chi connectivity index (χ4v) is 5.71. The number of pyridine rings is 1. The largest absolute Gasteiger partial charge is 0.355 e. The summed E-state index contributed by atoms with van der Waals surface area (Å²) >= 11 is 12.2. The van der Waals surface area contributed by atoms with Gasteiger partial charge in [0.05, 0.1) is 14.9 Å². The van der Waals surface area contributed by atoms with Crippen LogP contribution in [0.5, 0.6) is 0 Å². The first-order chi connectivity index (χ1) is 15.5. The van der Waals surface area contributed by atoms with Crippen molar-refractivity contribution in [3.8, 4) is 0 Å². The maximum absolute atomic E-state index is 14.5. The molecule has 11 heteroatoms. The van der Waals surface area contributed by atoms with Crippen molar-refractivity contribution >= 4 is 44.8 Å². The Hall–Kier alpha value is -1.97. The number of benzene rings is 1. The Morgan fingerprint density at radius 2 is 1.70 bits per heavy atom. The van der Waals surface area contributed by atoms with Crippen LogP contribution in [0.15, 0.2) is 29.3 Å². The lowest BCUT2D eigenvalue weighted by molar-refractivity contribution is -0.133. The maximum atomic E-state index is 14.5. The van der Waals surface area contributed by atoms with Crippen LogP contribution in [0.25, 0.3) is 0 Å². The van der Waals surface area contributed by atoms with Gasteiger partial charge in [0, 0.05) is 49.6 Å². The first-order valence-corrected chi connectivity index (χ1v) is 13.2. The SMILES string of the molecule is CS(=O)(=O)c1cc(F)c(C[C@H]2CCN(C3CCN(c4ncc(Cl)cc4Cl)CC3)C2=O)c(F)c1. The van der Waals surface area contributed by atoms with Crippen LogP contribution in [0.1, 0.15) is 24.8 Å². The average molecular weight is 518 g/mol. The van der Waals surface area contributed by atoms with Crippen LogP contribution < -0.4 is 4.90 Å². The number of rotatable bonds is 5. The molecule has 1 amide bonds. The lowest BCUT2D eigenvalue weighted by Gasteiger charge is -2.37. The molecule has 6 nitrogen and oxygen atoms in total. The molecule has 2 aromatic rings. The van der Waals surface area contributed by atoms with Crippen LogP contribution >= 0.6 is 23.2 Å². The molecule has 4 rings (SSSR count). The molecule has 0 saturated carbocycles. The summed E-state index contributed by atoms with van der Waals surface area (Å²) in [4.78, 5) is 20.8. The molecule has 2 aliphatic heterocycles. The molecule has 1 aromatic carbocycles. The van der Waals surface area contributed by atoms with E-state index in [9.17, 15) is 22.0 Å². The van der Waals surface area contributed by atoms with Crippen LogP contribution in [0, 0.1) is 17.6 Å². The van der Waals surface area contributed by atoms with Gasteiger partial charge in [0.15, 0.2) is 9.84 Å². The van der Waals surface area contributed by atoms with Crippen LogP contribution in [0.2, 0.25) is 10.0 Å². The zero-order valence-corrected chi connectivity index (χ0v) is 20.2. The van der Waals surface area contributed by atoms with Crippen molar-refractivity contribution in [2.75, 3.05) is 30.8 Å². The molecule has 3 heterocycles. The van der Waals surface area contributed by atoms with Crippen molar-refractivity contribution in [2.45, 2.75) is 36.6 Å². The van der Waals surface area contributed by atoms with E-state index >= 15 is 0 Å². The highest BCUT2D eigenvalue weighted by atomic mass is 35.5. The molecular weight excluding hydrogens is 495 g/mol. The smallest absolute Gasteiger partial charge is 0.226 e. The fraction of sp³-hybridized carbons (Fsp3) is 0.455. The first-order valence-electron chi connectivity index (χ1n) is 10.6. The Bertz CT molecular complexity index is 1160. The van der Waals surface area contributed by atoms with Gasteiger partial charge in [0.2, 0.25) is 5.91 Å². The summed E-state index contributed by atoms with van der Waals surface area (Å²) in [6.07, 6.45) is 4.29. The second kappa shape index (κ2) is 9.35. The van der Waals surface area contributed by atoms with E-state index in [-0.39, 0.29) is 23.9 Å². The Kier molecular flexibility index (Phi) is 6.85. The van der Waals surface area contributed by atoms with E-state index in [1.54, 1.807) is 17.2 Å². The van der Waals surface area contributed by atoms with E-state index in [2.05, 4.69) is 9.88 Å². The first kappa shape index (κ1) is 24.2. The van der Waals surface area contributed by atoms with Crippen LogP contribution in [-0.4, -0.2) is 56.1 Å². The minimum Gasteiger partial charge on any atom is -0.355 e. The van der Waals surface area contributed by atoms with E-state index in [4.69, 9.17) is 23.2 Å². The summed E-state index contributed by atoms with van der Waals surface area (Å²) < 4.78 is 52.1. The number of aromatic nitrogens is 1. The minimum absolute atomic E-state index is 0.0344. The number of likely N-dealkylation sites (tertiary alicyclic amines) is 1. The highest BCUT2D eigenvalue weighted by Gasteiger charge is 2.38. The van der Waals surface area contributed by atoms with Gasteiger partial charge in [-0.05, 0) is 43.9 Å². The van der Waals surface area contributed by atoms with Gasteiger partial charge in [0.25, 0.3) is 0 Å². The van der Waals surface area contributed by atoms with Gasteiger partial charge in [0.1, 0.15) is 17.5 Å². The van der Waals surface area contributed by atoms with Gasteiger partial charge in [-0.15, -0.1) is 0 Å². The van der Waals surface area contributed by atoms with E-state index in [1.807, 2.05) is 0 Å². The maximum Gasteiger partial charge on any atom is 0.226 e. The third-order valence-corrected chi connectivity index (χ3v) is 7.91. The molecule has 2 aliphatic rings. The molecule has 178 valence electrons. The number of anilines is 1. The minimum atomic E-state index is -3.73. The average Bonchev–Trinajstić information content (AvgIpc) is 3.10. The number of carbonyl (C=O) groups is 1. The molecule has 0 radical (unpaired) electrons. The normalized spacial score (nSPS) is 20.0. The molecule has 2 saturated heterocycles. The molecule has 1 aromatic heterocycles. The third kappa shape index (κ3) is 5.10. The van der Waals surface area contributed by atoms with Gasteiger partial charge in [-0.2, -0.15) is 0 Å². The zero-order chi connectivity index (χ0) is 23.9. The summed E-state index contributed by atoms with van der Waals surface area (Å²) in [5, 5.41) is 0.940. The highest BCUT2D eigenvalue weighted by Crippen LogP contribution is 2.33. The number of amides is 1. The lowest BCUT2D eigenvalue weighted by atomic mass is 9.97. The summed E-state index contributed by atoms with van der Waals surface area (Å²) in [6.45, 7) is 1.87. The summed E-state index contributed by atoms with van der Waals surface area (Å²) in [7, 11) is -3.73. The van der Waals surface area contributed by atoms with Gasteiger partial charge in [-0.1, -0.05) is 23.2 Å². The number of piperidine rings is 1. The van der Waals surface area contributed by atoms with Crippen molar-refractivity contribution in [3.63, 3.8) is 0 Å². The van der Waals surface area contributed by atoms with Crippen molar-refractivity contribution in [1.82, 2.24) is 9.88 Å². The topological polar surface area (TPSA) is 70.6 Å². The second-order valence-corrected chi connectivity index (χ2v) is 11.4. The van der Waals surface area contributed by atoms with Crippen LogP contribution in [-0.2, 0) is 21.1 Å². The zero-order valence-electron chi connectivity index (χ0n) is 17.9. The molecule has 2 fully saturated rings. The monoisotopic (exact) mass is 517 g/mol. The van der Waals surface area contributed by atoms with Crippen molar-refractivity contribution in [3.05, 3.63) is 51.6 Å². The molecule has 0 aliphatic carbocycles. The fourth-order valence-electron chi connectivity index (χ4n) is 4.58. The number of halogens is 4. The number of hydrogen-bond donors (Lipinski definition) is 0. The van der Waals surface area contributed by atoms with E-state index in [0.29, 0.717) is 41.9 Å². The van der Waals surface area contributed by atoms with Crippen LogP contribution in [0.4, 0.5) is 14.6 Å². The van der Waals surface area contributed by atoms with E-state index in [0.717, 1.165) is 31.2 Å². The van der Waals surface area contributed by atoms with Crippen LogP contribution in [0.3, 0.4) is 0 Å². The third-order valence-electron chi connectivity index (χ3n) is 6.34. The van der Waals surface area contributed by atoms with E-state index in [1.165, 1.54) is 0 Å². The van der Waals surface area contributed by atoms with Gasteiger partial charge < -0.3 is 9.80 Å². The quantitative estimate of drug-likeness (QED) is 0.596. The summed E-state index contributed by atoms with van der Waals surface area (Å²) in [5.41, 5.74) is -0.249. The highest BCUT2D eigenvalue weighted by molar-refractivity contribution is 7.90. The van der Waals surface area contributed by atoms with Gasteiger partial charge >= 0.3 is 0 Å². The molecule has 0 bridgehead atoms. The molecule has 0 unspecified atom stereocenters. The second-order valence-electron chi connectivity index (χ2n) is 8.54. The van der Waals surface area contributed by atoms with Gasteiger partial charge in [-0.25, -0.2) is 22.2 Å². The Labute approximate surface area is 201 Å². The van der Waals surface area contributed by atoms with Crippen molar-refractivity contribution in [1.29, 1.82) is 0 Å². The standard InChI is InChI=1S/C22H23Cl2F2N3O3S/c1-33(31,32)16-10-19(25)17(20(26)11-16)8-13-2-7-29(22(13)30)15-3-5-28(6-4-15)21-18(24)9-14(23)12-27-21/h9-13,15H,2-8H2,1H3/t13-/m1/s1. The molecule has 0 spiro atoms. The predicted molar refractivity (Wildman–Crippen MR) is 122 cm³/mol. The summed E-state index contributed by atoms with van der Waals surface area (Å²) in [6, 6.07) is 3.31. The molecular formula is C22H23Cl2F2N3O3S. The van der Waals surface area contributed by atoms with Gasteiger partial charge in [-0.3, -0.25) is 4.79 Å². The Balaban J connectivity index is 1.40. The number of hydrogen-bond acceptors (Lipinski definition) is 5. The number of sulfone groups is 1. The lowest BCUT2D eigenvalue weighted by Crippen LogP contribution is -2.46. The molecule has 0 N–H and O–H groups in total. The predicted octanol–water partition coefficient (Wildman–Crippen LogP) is 4.13. The van der Waals surface area contributed by atoms with E-state index < -0.39 is 32.3 Å². The molecule has 1 atom stereocenters. The Morgan fingerprint density at radius 1 is 1.06 bits per heavy atom. The summed E-state index contributed by atoms with van der Waals surface area (Å²) in [5.74, 6) is -1.89.